The third-order valence-corrected chi connectivity index (χ3v) is 6.69. The van der Waals surface area contributed by atoms with Crippen molar-refractivity contribution in [1.29, 1.82) is 0 Å². The van der Waals surface area contributed by atoms with Gasteiger partial charge < -0.3 is 15.0 Å². The molecule has 0 radical (unpaired) electrons. The predicted octanol–water partition coefficient (Wildman–Crippen LogP) is 5.59. The Morgan fingerprint density at radius 1 is 1.08 bits per heavy atom. The summed E-state index contributed by atoms with van der Waals surface area (Å²) < 4.78 is 20.4. The molecule has 0 aliphatic carbocycles. The summed E-state index contributed by atoms with van der Waals surface area (Å²) >= 11 is 6.16. The van der Waals surface area contributed by atoms with Crippen LogP contribution in [-0.4, -0.2) is 46.2 Å². The highest BCUT2D eigenvalue weighted by Crippen LogP contribution is 2.26. The fraction of sp³-hybridized carbons (Fsp3) is 0.310. The summed E-state index contributed by atoms with van der Waals surface area (Å²) in [6.07, 6.45) is 2.56. The maximum Gasteiger partial charge on any atom is 0.251 e. The molecular weight excluding hydrogens is 505 g/mol. The number of ether oxygens (including phenoxy) is 1. The lowest BCUT2D eigenvalue weighted by molar-refractivity contribution is -0.00547. The summed E-state index contributed by atoms with van der Waals surface area (Å²) in [4.78, 5) is 28.7. The lowest BCUT2D eigenvalue weighted by Gasteiger charge is -2.36. The van der Waals surface area contributed by atoms with E-state index in [1.165, 1.54) is 12.1 Å². The average Bonchev–Trinajstić information content (AvgIpc) is 2.90. The van der Waals surface area contributed by atoms with Crippen LogP contribution in [0.1, 0.15) is 42.4 Å². The van der Waals surface area contributed by atoms with E-state index in [0.29, 0.717) is 52.1 Å². The topological polar surface area (TPSA) is 80.2 Å². The second-order valence-corrected chi connectivity index (χ2v) is 10.1. The number of morpholine rings is 1. The van der Waals surface area contributed by atoms with Crippen LogP contribution in [0.25, 0.3) is 22.3 Å². The minimum Gasteiger partial charge on any atom is -0.372 e. The van der Waals surface area contributed by atoms with E-state index in [4.69, 9.17) is 26.3 Å². The van der Waals surface area contributed by atoms with E-state index < -0.39 is 0 Å². The summed E-state index contributed by atoms with van der Waals surface area (Å²) in [6.45, 7) is 7.52. The molecule has 2 unspecified atom stereocenters. The number of fused-ring (bicyclic) bond motifs is 1. The molecule has 2 atom stereocenters. The van der Waals surface area contributed by atoms with Crippen molar-refractivity contribution in [2.45, 2.75) is 45.9 Å². The largest absolute Gasteiger partial charge is 0.372 e. The molecular formula is C29H29ClFN5O2. The fourth-order valence-corrected chi connectivity index (χ4v) is 4.96. The Hall–Kier alpha value is -3.62. The number of aryl methyl sites for hydroxylation is 1. The van der Waals surface area contributed by atoms with Gasteiger partial charge in [-0.15, -0.1) is 0 Å². The number of anilines is 1. The zero-order valence-electron chi connectivity index (χ0n) is 21.5. The molecule has 1 saturated heterocycles. The molecule has 3 aromatic heterocycles. The molecule has 1 N–H and O–H groups in total. The third-order valence-electron chi connectivity index (χ3n) is 6.47. The minimum atomic E-state index is -0.371. The first-order valence-electron chi connectivity index (χ1n) is 12.7. The van der Waals surface area contributed by atoms with Crippen LogP contribution in [0.3, 0.4) is 0 Å². The summed E-state index contributed by atoms with van der Waals surface area (Å²) in [5, 5.41) is 4.26. The van der Waals surface area contributed by atoms with Gasteiger partial charge in [-0.2, -0.15) is 0 Å². The van der Waals surface area contributed by atoms with Crippen molar-refractivity contribution in [1.82, 2.24) is 20.3 Å². The highest BCUT2D eigenvalue weighted by molar-refractivity contribution is 6.31. The molecule has 4 aromatic rings. The Morgan fingerprint density at radius 2 is 1.87 bits per heavy atom. The molecule has 1 aromatic carbocycles. The Balaban J connectivity index is 1.37. The van der Waals surface area contributed by atoms with E-state index in [1.807, 2.05) is 56.0 Å². The lowest BCUT2D eigenvalue weighted by atomic mass is 10.1. The van der Waals surface area contributed by atoms with Crippen LogP contribution in [0.15, 0.2) is 54.7 Å². The van der Waals surface area contributed by atoms with Gasteiger partial charge >= 0.3 is 0 Å². The molecule has 0 spiro atoms. The maximum absolute atomic E-state index is 14.6. The molecule has 1 aliphatic heterocycles. The number of hydrogen-bond donors (Lipinski definition) is 1. The number of carbonyl (C=O) groups is 1. The van der Waals surface area contributed by atoms with Gasteiger partial charge in [0, 0.05) is 47.4 Å². The van der Waals surface area contributed by atoms with Crippen LogP contribution in [0, 0.1) is 5.82 Å². The van der Waals surface area contributed by atoms with Crippen molar-refractivity contribution in [2.24, 2.45) is 0 Å². The molecule has 196 valence electrons. The summed E-state index contributed by atoms with van der Waals surface area (Å²) in [5.41, 5.74) is 3.84. The van der Waals surface area contributed by atoms with Gasteiger partial charge in [-0.05, 0) is 62.2 Å². The number of halogens is 2. The van der Waals surface area contributed by atoms with Crippen LogP contribution in [-0.2, 0) is 17.7 Å². The number of hydrogen-bond acceptors (Lipinski definition) is 6. The fourth-order valence-electron chi connectivity index (χ4n) is 4.70. The molecule has 9 heteroatoms. The molecule has 38 heavy (non-hydrogen) atoms. The number of benzene rings is 1. The van der Waals surface area contributed by atoms with Gasteiger partial charge in [-0.3, -0.25) is 9.78 Å². The van der Waals surface area contributed by atoms with Gasteiger partial charge in [0.1, 0.15) is 11.6 Å². The van der Waals surface area contributed by atoms with Crippen LogP contribution < -0.4 is 10.2 Å². The van der Waals surface area contributed by atoms with E-state index >= 15 is 0 Å². The van der Waals surface area contributed by atoms with E-state index in [2.05, 4.69) is 10.3 Å². The van der Waals surface area contributed by atoms with E-state index in [1.54, 1.807) is 12.3 Å². The van der Waals surface area contributed by atoms with Crippen molar-refractivity contribution >= 4 is 34.2 Å². The molecule has 5 rings (SSSR count). The molecule has 0 saturated carbocycles. The average molecular weight is 534 g/mol. The number of pyridine rings is 3. The molecule has 1 fully saturated rings. The summed E-state index contributed by atoms with van der Waals surface area (Å²) in [6, 6.07) is 13.7. The quantitative estimate of drug-likeness (QED) is 0.348. The van der Waals surface area contributed by atoms with Gasteiger partial charge in [0.05, 0.1) is 41.4 Å². The van der Waals surface area contributed by atoms with Crippen LogP contribution in [0.5, 0.6) is 0 Å². The van der Waals surface area contributed by atoms with Crippen LogP contribution in [0.2, 0.25) is 5.02 Å². The first-order chi connectivity index (χ1) is 18.3. The number of nitrogens with one attached hydrogen (secondary N) is 1. The highest BCUT2D eigenvalue weighted by atomic mass is 35.5. The van der Waals surface area contributed by atoms with E-state index in [-0.39, 0.29) is 30.5 Å². The molecule has 7 nitrogen and oxygen atoms in total. The lowest BCUT2D eigenvalue weighted by Crippen LogP contribution is -2.45. The summed E-state index contributed by atoms with van der Waals surface area (Å²) in [7, 11) is 0. The number of amides is 1. The summed E-state index contributed by atoms with van der Waals surface area (Å²) in [5.74, 6) is -0.0348. The van der Waals surface area contributed by atoms with Crippen LogP contribution in [0.4, 0.5) is 10.2 Å². The smallest absolute Gasteiger partial charge is 0.251 e. The number of nitrogens with zero attached hydrogens (tertiary/aromatic N) is 4. The van der Waals surface area contributed by atoms with Gasteiger partial charge in [0.25, 0.3) is 5.91 Å². The zero-order chi connectivity index (χ0) is 26.8. The second-order valence-electron chi connectivity index (χ2n) is 9.64. The maximum atomic E-state index is 14.6. The SMILES string of the molecule is CCc1cc(Cl)cc(C(=O)NCc2cc3nc(-c4cc(F)cc(N5CC(C)OC(C)C5)n4)ccc3cn2)c1. The monoisotopic (exact) mass is 533 g/mol. The Morgan fingerprint density at radius 3 is 2.63 bits per heavy atom. The Kier molecular flexibility index (Phi) is 7.53. The van der Waals surface area contributed by atoms with Crippen molar-refractivity contribution in [3.8, 4) is 11.4 Å². The molecule has 1 aliphatic rings. The van der Waals surface area contributed by atoms with Gasteiger partial charge in [-0.25, -0.2) is 14.4 Å². The second kappa shape index (κ2) is 11.0. The van der Waals surface area contributed by atoms with E-state index in [0.717, 1.165) is 17.4 Å². The standard InChI is InChI=1S/C29H29ClFN5O2/c1-4-19-7-21(9-22(30)8-19)29(37)33-14-24-12-26-20(13-32-24)5-6-25(34-26)27-10-23(31)11-28(35-27)36-15-17(2)38-18(3)16-36/h5-13,17-18H,4,14-16H2,1-3H3,(H,33,37). The van der Waals surface area contributed by atoms with Crippen molar-refractivity contribution in [3.05, 3.63) is 82.4 Å². The van der Waals surface area contributed by atoms with Gasteiger partial charge in [0.2, 0.25) is 0 Å². The minimum absolute atomic E-state index is 0.0325. The van der Waals surface area contributed by atoms with Crippen molar-refractivity contribution in [3.63, 3.8) is 0 Å². The third kappa shape index (κ3) is 5.92. The van der Waals surface area contributed by atoms with Gasteiger partial charge in [-0.1, -0.05) is 18.5 Å². The Bertz CT molecular complexity index is 1490. The first kappa shape index (κ1) is 26.0. The van der Waals surface area contributed by atoms with Gasteiger partial charge in [0.15, 0.2) is 0 Å². The predicted molar refractivity (Wildman–Crippen MR) is 147 cm³/mol. The van der Waals surface area contributed by atoms with E-state index in [9.17, 15) is 9.18 Å². The Labute approximate surface area is 226 Å². The number of carbonyl (C=O) groups excluding carboxylic acids is 1. The first-order valence-corrected chi connectivity index (χ1v) is 13.1. The van der Waals surface area contributed by atoms with Crippen LogP contribution >= 0.6 is 11.6 Å². The number of rotatable bonds is 6. The number of aromatic nitrogens is 3. The zero-order valence-corrected chi connectivity index (χ0v) is 22.3. The van der Waals surface area contributed by atoms with Crippen molar-refractivity contribution in [2.75, 3.05) is 18.0 Å². The molecule has 1 amide bonds. The molecule has 4 heterocycles. The molecule has 0 bridgehead atoms. The van der Waals surface area contributed by atoms with Crippen molar-refractivity contribution < 1.29 is 13.9 Å². The highest BCUT2D eigenvalue weighted by Gasteiger charge is 2.24. The normalized spacial score (nSPS) is 17.6.